The van der Waals surface area contributed by atoms with Crippen molar-refractivity contribution >= 4 is 5.97 Å². The van der Waals surface area contributed by atoms with Crippen LogP contribution >= 0.6 is 0 Å². The van der Waals surface area contributed by atoms with Crippen LogP contribution in [-0.2, 0) is 19.9 Å². The average Bonchev–Trinajstić information content (AvgIpc) is 3.46. The van der Waals surface area contributed by atoms with Crippen molar-refractivity contribution in [1.82, 2.24) is 0 Å². The molecular formula is C27H38O5. The Morgan fingerprint density at radius 3 is 2.47 bits per heavy atom. The third-order valence-electron chi connectivity index (χ3n) is 10.2. The molecule has 5 rings (SSSR count). The lowest BCUT2D eigenvalue weighted by Crippen LogP contribution is -2.54. The quantitative estimate of drug-likeness (QED) is 0.531. The molecule has 32 heavy (non-hydrogen) atoms. The maximum Gasteiger partial charge on any atom is 0.302 e. The van der Waals surface area contributed by atoms with Crippen molar-refractivity contribution in [1.29, 1.82) is 0 Å². The minimum atomic E-state index is -0.242. The van der Waals surface area contributed by atoms with Gasteiger partial charge in [0, 0.05) is 25.6 Å². The van der Waals surface area contributed by atoms with E-state index in [1.165, 1.54) is 12.5 Å². The number of hydrogen-bond acceptors (Lipinski definition) is 5. The van der Waals surface area contributed by atoms with Gasteiger partial charge < -0.3 is 19.7 Å². The predicted octanol–water partition coefficient (Wildman–Crippen LogP) is 4.06. The third-order valence-corrected chi connectivity index (χ3v) is 10.2. The number of ether oxygens (including phenoxy) is 2. The van der Waals surface area contributed by atoms with E-state index in [0.717, 1.165) is 32.1 Å². The number of hydrogen-bond donors (Lipinski definition) is 2. The predicted molar refractivity (Wildman–Crippen MR) is 121 cm³/mol. The molecule has 176 valence electrons. The molecule has 0 aromatic heterocycles. The van der Waals surface area contributed by atoms with Gasteiger partial charge in [0.25, 0.3) is 0 Å². The van der Waals surface area contributed by atoms with Crippen molar-refractivity contribution < 1.29 is 24.5 Å². The van der Waals surface area contributed by atoms with E-state index in [-0.39, 0.29) is 59.7 Å². The van der Waals surface area contributed by atoms with Crippen LogP contribution in [0.5, 0.6) is 0 Å². The fourth-order valence-corrected chi connectivity index (χ4v) is 8.48. The van der Waals surface area contributed by atoms with Crippen LogP contribution in [0.2, 0.25) is 0 Å². The topological polar surface area (TPSA) is 79.3 Å². The molecule has 4 fully saturated rings. The molecule has 9 unspecified atom stereocenters. The first-order chi connectivity index (χ1) is 15.3. The van der Waals surface area contributed by atoms with Gasteiger partial charge in [0.05, 0.1) is 6.10 Å². The van der Waals surface area contributed by atoms with E-state index in [9.17, 15) is 15.0 Å². The SMILES string of the molecule is CC(=O)OC1CCC(C)(C2CCC3(C)C(CC4OC43c3ccccc3)C2CO)C(CO)C1. The smallest absolute Gasteiger partial charge is 0.302 e. The molecule has 0 radical (unpaired) electrons. The first-order valence-corrected chi connectivity index (χ1v) is 12.4. The minimum absolute atomic E-state index is 0.0168. The van der Waals surface area contributed by atoms with Crippen LogP contribution in [0.3, 0.4) is 0 Å². The van der Waals surface area contributed by atoms with Crippen LogP contribution in [0.15, 0.2) is 30.3 Å². The molecule has 1 aliphatic heterocycles. The Bertz CT molecular complexity index is 857. The lowest BCUT2D eigenvalue weighted by molar-refractivity contribution is -0.159. The van der Waals surface area contributed by atoms with E-state index >= 15 is 0 Å². The van der Waals surface area contributed by atoms with Crippen molar-refractivity contribution in [2.24, 2.45) is 34.5 Å². The van der Waals surface area contributed by atoms with Gasteiger partial charge in [-0.05, 0) is 73.2 Å². The van der Waals surface area contributed by atoms with Gasteiger partial charge in [0.15, 0.2) is 0 Å². The van der Waals surface area contributed by atoms with Crippen molar-refractivity contribution in [3.8, 4) is 0 Å². The second-order valence-corrected chi connectivity index (χ2v) is 11.4. The van der Waals surface area contributed by atoms with Crippen molar-refractivity contribution in [2.75, 3.05) is 13.2 Å². The Morgan fingerprint density at radius 2 is 1.81 bits per heavy atom. The Morgan fingerprint density at radius 1 is 1.06 bits per heavy atom. The van der Waals surface area contributed by atoms with Crippen LogP contribution in [0.25, 0.3) is 0 Å². The van der Waals surface area contributed by atoms with Gasteiger partial charge in [-0.15, -0.1) is 0 Å². The summed E-state index contributed by atoms with van der Waals surface area (Å²) >= 11 is 0. The number of aliphatic hydroxyl groups is 2. The Kier molecular flexibility index (Phi) is 5.46. The highest BCUT2D eigenvalue weighted by atomic mass is 16.6. The number of carbonyl (C=O) groups excluding carboxylic acids is 1. The summed E-state index contributed by atoms with van der Waals surface area (Å²) < 4.78 is 11.9. The summed E-state index contributed by atoms with van der Waals surface area (Å²) in [4.78, 5) is 11.5. The molecular weight excluding hydrogens is 404 g/mol. The van der Waals surface area contributed by atoms with Crippen LogP contribution in [0.1, 0.15) is 64.9 Å². The minimum Gasteiger partial charge on any atom is -0.463 e. The molecule has 4 aliphatic rings. The molecule has 1 heterocycles. The number of fused-ring (bicyclic) bond motifs is 3. The van der Waals surface area contributed by atoms with Crippen LogP contribution < -0.4 is 0 Å². The average molecular weight is 443 g/mol. The summed E-state index contributed by atoms with van der Waals surface area (Å²) in [6.07, 6.45) is 5.72. The Balaban J connectivity index is 1.41. The molecule has 3 saturated carbocycles. The van der Waals surface area contributed by atoms with E-state index in [1.54, 1.807) is 0 Å². The monoisotopic (exact) mass is 442 g/mol. The van der Waals surface area contributed by atoms with E-state index in [1.807, 2.05) is 0 Å². The van der Waals surface area contributed by atoms with Gasteiger partial charge in [-0.2, -0.15) is 0 Å². The lowest BCUT2D eigenvalue weighted by atomic mass is 9.48. The second kappa shape index (κ2) is 7.82. The zero-order chi connectivity index (χ0) is 22.7. The van der Waals surface area contributed by atoms with Crippen molar-refractivity contribution in [2.45, 2.75) is 77.1 Å². The fraction of sp³-hybridized carbons (Fsp3) is 0.741. The molecule has 0 bridgehead atoms. The van der Waals surface area contributed by atoms with E-state index in [0.29, 0.717) is 18.3 Å². The van der Waals surface area contributed by atoms with Crippen LogP contribution in [0.4, 0.5) is 0 Å². The van der Waals surface area contributed by atoms with E-state index in [2.05, 4.69) is 44.2 Å². The van der Waals surface area contributed by atoms with Crippen LogP contribution in [0, 0.1) is 34.5 Å². The highest BCUT2D eigenvalue weighted by Crippen LogP contribution is 2.75. The Labute approximate surface area is 191 Å². The van der Waals surface area contributed by atoms with Gasteiger partial charge >= 0.3 is 5.97 Å². The molecule has 0 amide bonds. The summed E-state index contributed by atoms with van der Waals surface area (Å²) in [5, 5.41) is 21.0. The second-order valence-electron chi connectivity index (χ2n) is 11.4. The number of aliphatic hydroxyl groups excluding tert-OH is 2. The van der Waals surface area contributed by atoms with E-state index < -0.39 is 0 Å². The van der Waals surface area contributed by atoms with Crippen LogP contribution in [-0.4, -0.2) is 41.6 Å². The molecule has 1 aromatic carbocycles. The zero-order valence-corrected chi connectivity index (χ0v) is 19.6. The standard InChI is InChI=1S/C27H38O5/c1-17(30)31-20-9-11-25(2,19(13-20)15-28)22-10-12-26(3)23(21(22)16-29)14-24-27(26,32-24)18-7-5-4-6-8-18/h4-8,19-24,28-29H,9-16H2,1-3H3. The Hall–Kier alpha value is -1.43. The summed E-state index contributed by atoms with van der Waals surface area (Å²) in [6.45, 7) is 6.45. The number of epoxide rings is 1. The maximum atomic E-state index is 11.5. The molecule has 1 saturated heterocycles. The molecule has 2 N–H and O–H groups in total. The highest BCUT2D eigenvalue weighted by Gasteiger charge is 2.77. The molecule has 1 aromatic rings. The number of carbonyl (C=O) groups is 1. The van der Waals surface area contributed by atoms with E-state index in [4.69, 9.17) is 9.47 Å². The summed E-state index contributed by atoms with van der Waals surface area (Å²) in [5.41, 5.74) is 1.03. The van der Waals surface area contributed by atoms with Crippen molar-refractivity contribution in [3.05, 3.63) is 35.9 Å². The van der Waals surface area contributed by atoms with Gasteiger partial charge in [-0.25, -0.2) is 0 Å². The van der Waals surface area contributed by atoms with Gasteiger partial charge in [0.2, 0.25) is 0 Å². The summed E-state index contributed by atoms with van der Waals surface area (Å²) in [7, 11) is 0. The number of esters is 1. The molecule has 5 nitrogen and oxygen atoms in total. The highest BCUT2D eigenvalue weighted by molar-refractivity contribution is 5.66. The van der Waals surface area contributed by atoms with Crippen molar-refractivity contribution in [3.63, 3.8) is 0 Å². The first-order valence-electron chi connectivity index (χ1n) is 12.4. The zero-order valence-electron chi connectivity index (χ0n) is 19.6. The van der Waals surface area contributed by atoms with Gasteiger partial charge in [0.1, 0.15) is 11.7 Å². The maximum absolute atomic E-state index is 11.5. The molecule has 9 atom stereocenters. The molecule has 3 aliphatic carbocycles. The largest absolute Gasteiger partial charge is 0.463 e. The number of benzene rings is 1. The third kappa shape index (κ3) is 3.04. The molecule has 5 heteroatoms. The van der Waals surface area contributed by atoms with Gasteiger partial charge in [-0.3, -0.25) is 4.79 Å². The number of rotatable bonds is 5. The molecule has 0 spiro atoms. The summed E-state index contributed by atoms with van der Waals surface area (Å²) in [5.74, 6) is 0.807. The lowest BCUT2D eigenvalue weighted by Gasteiger charge is -2.57. The first kappa shape index (κ1) is 22.4. The summed E-state index contributed by atoms with van der Waals surface area (Å²) in [6, 6.07) is 10.7. The van der Waals surface area contributed by atoms with Gasteiger partial charge in [-0.1, -0.05) is 44.2 Å². The fourth-order valence-electron chi connectivity index (χ4n) is 8.48. The normalized spacial score (nSPS) is 47.4.